The van der Waals surface area contributed by atoms with Crippen molar-refractivity contribution in [2.75, 3.05) is 18.5 Å². The first kappa shape index (κ1) is 18.2. The number of nitrogens with one attached hydrogen (secondary N) is 1. The van der Waals surface area contributed by atoms with Gasteiger partial charge in [-0.1, -0.05) is 0 Å². The number of rotatable bonds is 3. The van der Waals surface area contributed by atoms with Crippen LogP contribution in [-0.2, 0) is 17.7 Å². The number of hydrogen-bond donors (Lipinski definition) is 2. The molecule has 3 rings (SSSR count). The molecule has 25 heavy (non-hydrogen) atoms. The Morgan fingerprint density at radius 2 is 2.12 bits per heavy atom. The van der Waals surface area contributed by atoms with Crippen LogP contribution >= 0.6 is 11.6 Å². The number of aliphatic hydroxyl groups is 1. The van der Waals surface area contributed by atoms with E-state index in [-0.39, 0.29) is 23.5 Å². The normalized spacial score (nSPS) is 19.0. The molecule has 8 heteroatoms. The van der Waals surface area contributed by atoms with E-state index in [1.165, 1.54) is 0 Å². The molecule has 0 saturated heterocycles. The third kappa shape index (κ3) is 3.98. The average Bonchev–Trinajstić information content (AvgIpc) is 2.48. The molecule has 0 spiro atoms. The molecule has 138 valence electrons. The summed E-state index contributed by atoms with van der Waals surface area (Å²) in [6.07, 6.45) is 3.08. The van der Waals surface area contributed by atoms with E-state index in [4.69, 9.17) is 16.3 Å². The second kappa shape index (κ2) is 6.61. The second-order valence-electron chi connectivity index (χ2n) is 7.84. The quantitative estimate of drug-likeness (QED) is 0.797. The zero-order valence-electron chi connectivity index (χ0n) is 14.9. The number of anilines is 1. The van der Waals surface area contributed by atoms with Crippen molar-refractivity contribution in [3.63, 3.8) is 0 Å². The smallest absolute Gasteiger partial charge is 0.410 e. The molecule has 1 amide bonds. The van der Waals surface area contributed by atoms with Crippen molar-refractivity contribution in [3.8, 4) is 0 Å². The van der Waals surface area contributed by atoms with Crippen LogP contribution in [0.1, 0.15) is 51.3 Å². The van der Waals surface area contributed by atoms with Crippen LogP contribution in [0.5, 0.6) is 0 Å². The lowest BCUT2D eigenvalue weighted by Crippen LogP contribution is -2.49. The number of hydrogen-bond acceptors (Lipinski definition) is 6. The van der Waals surface area contributed by atoms with Gasteiger partial charge in [-0.25, -0.2) is 14.8 Å². The number of ether oxygens (including phenoxy) is 1. The van der Waals surface area contributed by atoms with E-state index in [0.29, 0.717) is 25.3 Å². The van der Waals surface area contributed by atoms with E-state index in [0.717, 1.165) is 30.5 Å². The highest BCUT2D eigenvalue weighted by Crippen LogP contribution is 2.36. The summed E-state index contributed by atoms with van der Waals surface area (Å²) in [7, 11) is 0. The van der Waals surface area contributed by atoms with Gasteiger partial charge in [0, 0.05) is 18.5 Å². The molecular weight excluding hydrogens is 344 g/mol. The molecule has 1 fully saturated rings. The van der Waals surface area contributed by atoms with Gasteiger partial charge in [0.25, 0.3) is 0 Å². The molecule has 1 aromatic rings. The van der Waals surface area contributed by atoms with Crippen LogP contribution in [-0.4, -0.2) is 50.4 Å². The Kier molecular flexibility index (Phi) is 4.81. The molecule has 0 aromatic carbocycles. The van der Waals surface area contributed by atoms with Gasteiger partial charge in [0.2, 0.25) is 5.28 Å². The zero-order valence-corrected chi connectivity index (χ0v) is 15.7. The summed E-state index contributed by atoms with van der Waals surface area (Å²) in [5.74, 6) is 0.608. The third-order valence-electron chi connectivity index (χ3n) is 4.68. The summed E-state index contributed by atoms with van der Waals surface area (Å²) < 4.78 is 5.47. The van der Waals surface area contributed by atoms with Crippen LogP contribution in [0.4, 0.5) is 10.6 Å². The van der Waals surface area contributed by atoms with Crippen LogP contribution in [0.15, 0.2) is 0 Å². The van der Waals surface area contributed by atoms with Gasteiger partial charge in [0.1, 0.15) is 11.4 Å². The average molecular weight is 369 g/mol. The van der Waals surface area contributed by atoms with Gasteiger partial charge in [0.15, 0.2) is 0 Å². The van der Waals surface area contributed by atoms with Gasteiger partial charge in [-0.15, -0.1) is 0 Å². The van der Waals surface area contributed by atoms with Crippen molar-refractivity contribution in [2.24, 2.45) is 0 Å². The minimum absolute atomic E-state index is 0.0408. The van der Waals surface area contributed by atoms with E-state index in [9.17, 15) is 9.90 Å². The Balaban J connectivity index is 1.83. The summed E-state index contributed by atoms with van der Waals surface area (Å²) in [5, 5.41) is 13.2. The minimum atomic E-state index is -0.540. The van der Waals surface area contributed by atoms with Gasteiger partial charge in [-0.2, -0.15) is 0 Å². The fraction of sp³-hybridized carbons (Fsp3) is 0.706. The number of nitrogens with zero attached hydrogens (tertiary/aromatic N) is 3. The molecule has 2 aliphatic rings. The summed E-state index contributed by atoms with van der Waals surface area (Å²) in [5.41, 5.74) is 0.803. The maximum atomic E-state index is 12.4. The lowest BCUT2D eigenvalue weighted by molar-refractivity contribution is 0.0223. The van der Waals surface area contributed by atoms with E-state index < -0.39 is 5.60 Å². The minimum Gasteiger partial charge on any atom is -0.444 e. The largest absolute Gasteiger partial charge is 0.444 e. The summed E-state index contributed by atoms with van der Waals surface area (Å²) >= 11 is 6.07. The van der Waals surface area contributed by atoms with Crippen molar-refractivity contribution >= 4 is 23.5 Å². The molecule has 1 aliphatic heterocycles. The number of fused-ring (bicyclic) bond motifs is 1. The Bertz CT molecular complexity index is 665. The number of amides is 1. The van der Waals surface area contributed by atoms with Crippen molar-refractivity contribution < 1.29 is 14.6 Å². The molecule has 0 radical (unpaired) electrons. The maximum absolute atomic E-state index is 12.4. The first-order chi connectivity index (χ1) is 11.7. The molecule has 0 bridgehead atoms. The molecule has 0 atom stereocenters. The molecule has 1 saturated carbocycles. The lowest BCUT2D eigenvalue weighted by Gasteiger charge is -2.42. The number of aromatic nitrogens is 2. The number of halogens is 1. The van der Waals surface area contributed by atoms with Crippen LogP contribution in [0, 0.1) is 0 Å². The molecule has 2 heterocycles. The number of carbonyl (C=O) groups is 1. The summed E-state index contributed by atoms with van der Waals surface area (Å²) in [4.78, 5) is 22.7. The second-order valence-corrected chi connectivity index (χ2v) is 8.17. The molecule has 1 aromatic heterocycles. The Hall–Kier alpha value is -1.60. The van der Waals surface area contributed by atoms with E-state index >= 15 is 0 Å². The highest BCUT2D eigenvalue weighted by Gasteiger charge is 2.38. The van der Waals surface area contributed by atoms with E-state index in [1.54, 1.807) is 4.90 Å². The van der Waals surface area contributed by atoms with Crippen LogP contribution < -0.4 is 5.32 Å². The predicted octanol–water partition coefficient (Wildman–Crippen LogP) is 2.75. The Morgan fingerprint density at radius 1 is 1.40 bits per heavy atom. The summed E-state index contributed by atoms with van der Waals surface area (Å²) in [6, 6.07) is 0. The lowest BCUT2D eigenvalue weighted by atomic mass is 9.77. The molecule has 1 aliphatic carbocycles. The van der Waals surface area contributed by atoms with Crippen LogP contribution in [0.2, 0.25) is 5.28 Å². The predicted molar refractivity (Wildman–Crippen MR) is 94.7 cm³/mol. The monoisotopic (exact) mass is 368 g/mol. The number of carbonyl (C=O) groups excluding carboxylic acids is 1. The summed E-state index contributed by atoms with van der Waals surface area (Å²) in [6.45, 7) is 6.48. The first-order valence-corrected chi connectivity index (χ1v) is 9.01. The van der Waals surface area contributed by atoms with Crippen molar-refractivity contribution in [1.29, 1.82) is 0 Å². The van der Waals surface area contributed by atoms with E-state index in [2.05, 4.69) is 15.3 Å². The SMILES string of the molecule is CC(C)(C)OC(=O)N1CCc2nc(Cl)nc(NC3(CO)CCC3)c2C1. The van der Waals surface area contributed by atoms with Crippen molar-refractivity contribution in [2.45, 2.75) is 64.1 Å². The first-order valence-electron chi connectivity index (χ1n) is 8.64. The maximum Gasteiger partial charge on any atom is 0.410 e. The fourth-order valence-electron chi connectivity index (χ4n) is 3.15. The number of aliphatic hydroxyl groups excluding tert-OH is 1. The van der Waals surface area contributed by atoms with Gasteiger partial charge in [0.05, 0.1) is 24.4 Å². The molecule has 0 unspecified atom stereocenters. The van der Waals surface area contributed by atoms with Crippen molar-refractivity contribution in [3.05, 3.63) is 16.5 Å². The molecule has 2 N–H and O–H groups in total. The van der Waals surface area contributed by atoms with Gasteiger partial charge >= 0.3 is 6.09 Å². The highest BCUT2D eigenvalue weighted by atomic mass is 35.5. The van der Waals surface area contributed by atoms with Gasteiger partial charge in [-0.05, 0) is 51.6 Å². The Labute approximate surface area is 152 Å². The van der Waals surface area contributed by atoms with Crippen LogP contribution in [0.3, 0.4) is 0 Å². The topological polar surface area (TPSA) is 87.6 Å². The molecule has 7 nitrogen and oxygen atoms in total. The van der Waals surface area contributed by atoms with Crippen LogP contribution in [0.25, 0.3) is 0 Å². The highest BCUT2D eigenvalue weighted by molar-refractivity contribution is 6.28. The van der Waals surface area contributed by atoms with Gasteiger partial charge in [-0.3, -0.25) is 0 Å². The molecular formula is C17H25ClN4O3. The fourth-order valence-corrected chi connectivity index (χ4v) is 3.33. The van der Waals surface area contributed by atoms with E-state index in [1.807, 2.05) is 20.8 Å². The van der Waals surface area contributed by atoms with Crippen molar-refractivity contribution in [1.82, 2.24) is 14.9 Å². The Morgan fingerprint density at radius 3 is 2.68 bits per heavy atom. The zero-order chi connectivity index (χ0) is 18.2. The third-order valence-corrected chi connectivity index (χ3v) is 4.85. The standard InChI is InChI=1S/C17H25ClN4O3/c1-16(2,3)25-15(24)22-8-5-12-11(9-22)13(20-14(18)19-12)21-17(10-23)6-4-7-17/h23H,4-10H2,1-3H3,(H,19,20,21). The van der Waals surface area contributed by atoms with Gasteiger partial charge < -0.3 is 20.1 Å².